The molecular formula is C17H15F4NO5S2. The highest BCUT2D eigenvalue weighted by Crippen LogP contribution is 2.37. The van der Waals surface area contributed by atoms with E-state index >= 15 is 0 Å². The quantitative estimate of drug-likeness (QED) is 0.425. The largest absolute Gasteiger partial charge is 0.534 e. The number of halogens is 4. The highest BCUT2D eigenvalue weighted by atomic mass is 32.2. The predicted octanol–water partition coefficient (Wildman–Crippen LogP) is 2.96. The molecule has 0 aromatic heterocycles. The first-order valence-electron chi connectivity index (χ1n) is 8.28. The summed E-state index contributed by atoms with van der Waals surface area (Å²) in [5, 5.41) is 2.98. The molecule has 0 amide bonds. The lowest BCUT2D eigenvalue weighted by Gasteiger charge is -2.17. The molecule has 158 valence electrons. The molecule has 1 heterocycles. The monoisotopic (exact) mass is 453 g/mol. The second kappa shape index (κ2) is 7.58. The van der Waals surface area contributed by atoms with E-state index in [1.807, 2.05) is 0 Å². The van der Waals surface area contributed by atoms with E-state index in [0.717, 1.165) is 36.4 Å². The number of sulfone groups is 1. The molecule has 1 aliphatic heterocycles. The summed E-state index contributed by atoms with van der Waals surface area (Å²) in [5.41, 5.74) is -5.56. The number of alkyl halides is 3. The number of benzene rings is 2. The molecule has 2 aromatic rings. The van der Waals surface area contributed by atoms with Crippen LogP contribution in [0.2, 0.25) is 0 Å². The highest BCUT2D eigenvalue weighted by Gasteiger charge is 2.49. The van der Waals surface area contributed by atoms with Crippen molar-refractivity contribution in [2.45, 2.75) is 27.6 Å². The Morgan fingerprint density at radius 1 is 1.00 bits per heavy atom. The zero-order valence-corrected chi connectivity index (χ0v) is 16.2. The van der Waals surface area contributed by atoms with Crippen molar-refractivity contribution >= 4 is 20.0 Å². The average Bonchev–Trinajstić information content (AvgIpc) is 3.14. The molecule has 0 spiro atoms. The first-order chi connectivity index (χ1) is 13.4. The Morgan fingerprint density at radius 2 is 1.69 bits per heavy atom. The zero-order chi connectivity index (χ0) is 21.4. The van der Waals surface area contributed by atoms with Gasteiger partial charge in [-0.2, -0.15) is 21.6 Å². The van der Waals surface area contributed by atoms with E-state index in [0.29, 0.717) is 19.5 Å². The van der Waals surface area contributed by atoms with Crippen LogP contribution in [0.3, 0.4) is 0 Å². The molecule has 29 heavy (non-hydrogen) atoms. The summed E-state index contributed by atoms with van der Waals surface area (Å²) in [6.07, 6.45) is 0.498. The van der Waals surface area contributed by atoms with Gasteiger partial charge in [-0.05, 0) is 37.2 Å². The van der Waals surface area contributed by atoms with E-state index in [2.05, 4.69) is 9.50 Å². The van der Waals surface area contributed by atoms with Crippen LogP contribution in [0.4, 0.5) is 17.6 Å². The minimum absolute atomic E-state index is 0.126. The molecule has 1 N–H and O–H groups in total. The van der Waals surface area contributed by atoms with E-state index < -0.39 is 46.8 Å². The van der Waals surface area contributed by atoms with Gasteiger partial charge in [-0.1, -0.05) is 12.1 Å². The van der Waals surface area contributed by atoms with Crippen molar-refractivity contribution in [3.05, 3.63) is 53.8 Å². The van der Waals surface area contributed by atoms with Crippen LogP contribution < -0.4 is 9.50 Å². The maximum atomic E-state index is 13.4. The van der Waals surface area contributed by atoms with Crippen molar-refractivity contribution < 1.29 is 38.6 Å². The predicted molar refractivity (Wildman–Crippen MR) is 94.1 cm³/mol. The van der Waals surface area contributed by atoms with Gasteiger partial charge in [-0.15, -0.1) is 0 Å². The van der Waals surface area contributed by atoms with Gasteiger partial charge in [-0.3, -0.25) is 0 Å². The fraction of sp³-hybridized carbons (Fsp3) is 0.294. The lowest BCUT2D eigenvalue weighted by molar-refractivity contribution is -0.0500. The Kier molecular flexibility index (Phi) is 5.62. The van der Waals surface area contributed by atoms with Gasteiger partial charge in [0.05, 0.1) is 9.79 Å². The van der Waals surface area contributed by atoms with E-state index in [1.165, 1.54) is 6.07 Å². The molecule has 2 aromatic carbocycles. The van der Waals surface area contributed by atoms with Crippen LogP contribution in [-0.2, 0) is 20.0 Å². The molecule has 12 heteroatoms. The first kappa shape index (κ1) is 21.5. The molecule has 3 rings (SSSR count). The van der Waals surface area contributed by atoms with Gasteiger partial charge in [0, 0.05) is 24.1 Å². The topological polar surface area (TPSA) is 89.5 Å². The molecule has 0 aliphatic carbocycles. The summed E-state index contributed by atoms with van der Waals surface area (Å²) >= 11 is 0. The van der Waals surface area contributed by atoms with Crippen molar-refractivity contribution in [1.82, 2.24) is 5.32 Å². The van der Waals surface area contributed by atoms with E-state index in [-0.39, 0.29) is 11.5 Å². The summed E-state index contributed by atoms with van der Waals surface area (Å²) in [6, 6.07) is 7.10. The van der Waals surface area contributed by atoms with Gasteiger partial charge in [0.15, 0.2) is 0 Å². The van der Waals surface area contributed by atoms with Gasteiger partial charge in [0.2, 0.25) is 9.84 Å². The molecule has 6 nitrogen and oxygen atoms in total. The maximum absolute atomic E-state index is 13.4. The fourth-order valence-electron chi connectivity index (χ4n) is 2.95. The van der Waals surface area contributed by atoms with Gasteiger partial charge in [0.1, 0.15) is 11.6 Å². The maximum Gasteiger partial charge on any atom is 0.534 e. The standard InChI is InChI=1S/C17H15F4NO5S2/c18-12-2-1-3-13(8-12)28(23,24)14-4-5-15(11-6-7-22-10-11)16(9-14)27-29(25,26)17(19,20)21/h1-5,8-9,11,22H,6-7,10H2. The number of hydrogen-bond acceptors (Lipinski definition) is 6. The highest BCUT2D eigenvalue weighted by molar-refractivity contribution is 7.91. The van der Waals surface area contributed by atoms with Crippen LogP contribution >= 0.6 is 0 Å². The zero-order valence-electron chi connectivity index (χ0n) is 14.6. The van der Waals surface area contributed by atoms with Crippen molar-refractivity contribution in [2.24, 2.45) is 0 Å². The lowest BCUT2D eigenvalue weighted by atomic mass is 9.98. The van der Waals surface area contributed by atoms with Crippen molar-refractivity contribution in [2.75, 3.05) is 13.1 Å². The van der Waals surface area contributed by atoms with E-state index in [4.69, 9.17) is 0 Å². The van der Waals surface area contributed by atoms with Gasteiger partial charge in [-0.25, -0.2) is 12.8 Å². The average molecular weight is 453 g/mol. The van der Waals surface area contributed by atoms with Crippen LogP contribution in [-0.4, -0.2) is 35.4 Å². The molecule has 1 atom stereocenters. The fourth-order valence-corrected chi connectivity index (χ4v) is 4.73. The van der Waals surface area contributed by atoms with Gasteiger partial charge < -0.3 is 9.50 Å². The smallest absolute Gasteiger partial charge is 0.376 e. The van der Waals surface area contributed by atoms with Crippen molar-refractivity contribution in [3.8, 4) is 5.75 Å². The van der Waals surface area contributed by atoms with Crippen molar-refractivity contribution in [1.29, 1.82) is 0 Å². The van der Waals surface area contributed by atoms with Gasteiger partial charge >= 0.3 is 15.6 Å². The molecule has 0 bridgehead atoms. The van der Waals surface area contributed by atoms with Crippen LogP contribution in [0.1, 0.15) is 17.9 Å². The van der Waals surface area contributed by atoms with E-state index in [9.17, 15) is 34.4 Å². The molecule has 1 unspecified atom stereocenters. The summed E-state index contributed by atoms with van der Waals surface area (Å²) in [6.45, 7) is 0.915. The Bertz CT molecular complexity index is 1120. The second-order valence-corrected chi connectivity index (χ2v) is 9.82. The Hall–Kier alpha value is -2.18. The van der Waals surface area contributed by atoms with Gasteiger partial charge in [0.25, 0.3) is 0 Å². The molecule has 1 fully saturated rings. The Morgan fingerprint density at radius 3 is 2.28 bits per heavy atom. The molecule has 1 aliphatic rings. The normalized spacial score (nSPS) is 18.0. The third-order valence-electron chi connectivity index (χ3n) is 4.38. The molecule has 0 saturated carbocycles. The summed E-state index contributed by atoms with van der Waals surface area (Å²) in [7, 11) is -10.3. The van der Waals surface area contributed by atoms with E-state index in [1.54, 1.807) is 0 Å². The lowest BCUT2D eigenvalue weighted by Crippen LogP contribution is -2.28. The summed E-state index contributed by atoms with van der Waals surface area (Å²) < 4.78 is 105. The number of rotatable bonds is 5. The Labute approximate surface area is 164 Å². The van der Waals surface area contributed by atoms with Crippen LogP contribution in [0.15, 0.2) is 52.3 Å². The number of hydrogen-bond donors (Lipinski definition) is 1. The minimum atomic E-state index is -6.01. The number of nitrogens with one attached hydrogen (secondary N) is 1. The summed E-state index contributed by atoms with van der Waals surface area (Å²) in [4.78, 5) is -0.956. The second-order valence-electron chi connectivity index (χ2n) is 6.33. The SMILES string of the molecule is O=S(=O)(c1cccc(F)c1)c1ccc(C2CCNC2)c(OS(=O)(=O)C(F)(F)F)c1. The van der Waals surface area contributed by atoms with Crippen molar-refractivity contribution in [3.63, 3.8) is 0 Å². The third kappa shape index (κ3) is 4.38. The van der Waals surface area contributed by atoms with Crippen LogP contribution in [0.5, 0.6) is 5.75 Å². The molecule has 1 saturated heterocycles. The molecule has 0 radical (unpaired) electrons. The van der Waals surface area contributed by atoms with Crippen LogP contribution in [0.25, 0.3) is 0 Å². The summed E-state index contributed by atoms with van der Waals surface area (Å²) in [5.74, 6) is -1.91. The van der Waals surface area contributed by atoms with Crippen LogP contribution in [0, 0.1) is 5.82 Å². The first-order valence-corrected chi connectivity index (χ1v) is 11.2. The minimum Gasteiger partial charge on any atom is -0.376 e. The third-order valence-corrected chi connectivity index (χ3v) is 7.10. The molecular weight excluding hydrogens is 438 g/mol. The Balaban J connectivity index is 2.11.